The summed E-state index contributed by atoms with van der Waals surface area (Å²) in [6.45, 7) is 1.37. The number of aliphatic hydroxyl groups excluding tert-OH is 1. The van der Waals surface area contributed by atoms with Crippen LogP contribution in [0.25, 0.3) is 21.8 Å². The van der Waals surface area contributed by atoms with Gasteiger partial charge in [-0.25, -0.2) is 0 Å². The second-order valence-corrected chi connectivity index (χ2v) is 7.18. The molecule has 4 rings (SSSR count). The van der Waals surface area contributed by atoms with E-state index in [1.54, 1.807) is 13.2 Å². The fraction of sp³-hybridized carbons (Fsp3) is 0.250. The molecule has 31 heavy (non-hydrogen) atoms. The van der Waals surface area contributed by atoms with E-state index in [0.717, 1.165) is 21.8 Å². The number of H-pyrrole nitrogens is 1. The fourth-order valence-corrected chi connectivity index (χ4v) is 3.52. The molecule has 7 heteroatoms. The van der Waals surface area contributed by atoms with Gasteiger partial charge in [0.25, 0.3) is 0 Å². The first-order valence-corrected chi connectivity index (χ1v) is 10.2. The lowest BCUT2D eigenvalue weighted by atomic mass is 10.1. The summed E-state index contributed by atoms with van der Waals surface area (Å²) in [5.41, 5.74) is 1.83. The zero-order valence-corrected chi connectivity index (χ0v) is 17.3. The Balaban J connectivity index is 1.30. The minimum absolute atomic E-state index is 0.0441. The number of aromatic amines is 1. The zero-order chi connectivity index (χ0) is 21.6. The van der Waals surface area contributed by atoms with Crippen molar-refractivity contribution in [1.29, 1.82) is 0 Å². The normalized spacial score (nSPS) is 12.2. The molecular formula is C24H26N2O5. The molecular weight excluding hydrogens is 396 g/mol. The highest BCUT2D eigenvalue weighted by Gasteiger charge is 2.15. The number of fused-ring (bicyclic) bond motifs is 3. The lowest BCUT2D eigenvalue weighted by Crippen LogP contribution is -2.33. The summed E-state index contributed by atoms with van der Waals surface area (Å²) in [7, 11) is 1.60. The molecule has 7 nitrogen and oxygen atoms in total. The Hall–Kier alpha value is -3.42. The fourth-order valence-electron chi connectivity index (χ4n) is 3.52. The van der Waals surface area contributed by atoms with Crippen molar-refractivity contribution in [3.8, 4) is 23.0 Å². The van der Waals surface area contributed by atoms with Crippen LogP contribution in [-0.4, -0.2) is 54.7 Å². The molecule has 3 aromatic carbocycles. The minimum Gasteiger partial charge on any atom is -0.504 e. The smallest absolute Gasteiger partial charge is 0.171 e. The largest absolute Gasteiger partial charge is 0.504 e. The van der Waals surface area contributed by atoms with Gasteiger partial charge in [0.2, 0.25) is 0 Å². The van der Waals surface area contributed by atoms with Gasteiger partial charge in [-0.05, 0) is 30.3 Å². The molecule has 0 aliphatic carbocycles. The maximum Gasteiger partial charge on any atom is 0.171 e. The highest BCUT2D eigenvalue weighted by Crippen LogP contribution is 2.39. The lowest BCUT2D eigenvalue weighted by Gasteiger charge is -2.15. The molecule has 0 saturated carbocycles. The molecule has 0 radical (unpaired) electrons. The first-order chi connectivity index (χ1) is 15.2. The van der Waals surface area contributed by atoms with E-state index in [4.69, 9.17) is 14.2 Å². The SMILES string of the molecule is COc1ccccc1OCCNCC(O)COc1c(O)ccc2[nH]c3ccccc3c12. The third-order valence-corrected chi connectivity index (χ3v) is 5.01. The second kappa shape index (κ2) is 9.59. The number of methoxy groups -OCH3 is 1. The molecule has 0 aliphatic rings. The van der Waals surface area contributed by atoms with Crippen molar-refractivity contribution in [3.63, 3.8) is 0 Å². The van der Waals surface area contributed by atoms with Gasteiger partial charge in [-0.2, -0.15) is 0 Å². The van der Waals surface area contributed by atoms with E-state index in [1.165, 1.54) is 0 Å². The quantitative estimate of drug-likeness (QED) is 0.293. The van der Waals surface area contributed by atoms with Crippen molar-refractivity contribution >= 4 is 21.8 Å². The summed E-state index contributed by atoms with van der Waals surface area (Å²) >= 11 is 0. The molecule has 0 spiro atoms. The third-order valence-electron chi connectivity index (χ3n) is 5.01. The van der Waals surface area contributed by atoms with Crippen LogP contribution >= 0.6 is 0 Å². The molecule has 1 heterocycles. The van der Waals surface area contributed by atoms with Gasteiger partial charge in [-0.3, -0.25) is 0 Å². The Morgan fingerprint density at radius 3 is 2.55 bits per heavy atom. The van der Waals surface area contributed by atoms with Crippen LogP contribution in [0, 0.1) is 0 Å². The van der Waals surface area contributed by atoms with Crippen LogP contribution in [0.15, 0.2) is 60.7 Å². The highest BCUT2D eigenvalue weighted by molar-refractivity contribution is 6.11. The molecule has 162 valence electrons. The van der Waals surface area contributed by atoms with E-state index in [2.05, 4.69) is 10.3 Å². The van der Waals surface area contributed by atoms with E-state index in [9.17, 15) is 10.2 Å². The highest BCUT2D eigenvalue weighted by atomic mass is 16.5. The Morgan fingerprint density at radius 1 is 0.935 bits per heavy atom. The molecule has 4 N–H and O–H groups in total. The number of benzene rings is 3. The molecule has 0 fully saturated rings. The van der Waals surface area contributed by atoms with E-state index in [-0.39, 0.29) is 12.4 Å². The number of aromatic nitrogens is 1. The Kier molecular flexibility index (Phi) is 6.45. The maximum atomic E-state index is 10.3. The predicted octanol–water partition coefficient (Wildman–Crippen LogP) is 3.44. The number of nitrogens with one attached hydrogen (secondary N) is 2. The second-order valence-electron chi connectivity index (χ2n) is 7.18. The van der Waals surface area contributed by atoms with Crippen molar-refractivity contribution in [2.75, 3.05) is 33.4 Å². The average Bonchev–Trinajstić information content (AvgIpc) is 3.17. The van der Waals surface area contributed by atoms with Gasteiger partial charge in [0.05, 0.1) is 18.0 Å². The Labute approximate surface area is 180 Å². The predicted molar refractivity (Wildman–Crippen MR) is 120 cm³/mol. The van der Waals surface area contributed by atoms with Crippen LogP contribution in [0.4, 0.5) is 0 Å². The number of hydrogen-bond acceptors (Lipinski definition) is 6. The summed E-state index contributed by atoms with van der Waals surface area (Å²) in [6, 6.07) is 18.7. The number of hydrogen-bond donors (Lipinski definition) is 4. The standard InChI is InChI=1S/C24H26N2O5/c1-29-21-8-4-5-9-22(21)30-13-12-25-14-16(27)15-31-24-20(28)11-10-19-23(24)17-6-2-3-7-18(17)26-19/h2-11,16,25-28H,12-15H2,1H3. The number of phenols is 1. The number of rotatable bonds is 10. The van der Waals surface area contributed by atoms with Gasteiger partial charge in [-0.15, -0.1) is 0 Å². The van der Waals surface area contributed by atoms with Gasteiger partial charge >= 0.3 is 0 Å². The van der Waals surface area contributed by atoms with Gasteiger partial charge in [0, 0.05) is 24.0 Å². The summed E-state index contributed by atoms with van der Waals surface area (Å²) in [6.07, 6.45) is -0.744. The van der Waals surface area contributed by atoms with E-state index in [1.807, 2.05) is 54.6 Å². The summed E-state index contributed by atoms with van der Waals surface area (Å²) in [4.78, 5) is 3.31. The van der Waals surface area contributed by atoms with Crippen molar-refractivity contribution in [2.24, 2.45) is 0 Å². The van der Waals surface area contributed by atoms with Crippen LogP contribution in [-0.2, 0) is 0 Å². The minimum atomic E-state index is -0.744. The Morgan fingerprint density at radius 2 is 1.71 bits per heavy atom. The molecule has 1 aromatic heterocycles. The average molecular weight is 422 g/mol. The van der Waals surface area contributed by atoms with Crippen LogP contribution in [0.5, 0.6) is 23.0 Å². The third kappa shape index (κ3) is 4.68. The van der Waals surface area contributed by atoms with E-state index in [0.29, 0.717) is 36.9 Å². The van der Waals surface area contributed by atoms with E-state index >= 15 is 0 Å². The molecule has 1 atom stereocenters. The summed E-state index contributed by atoms with van der Waals surface area (Å²) in [5, 5.41) is 25.5. The van der Waals surface area contributed by atoms with Gasteiger partial charge in [-0.1, -0.05) is 30.3 Å². The summed E-state index contributed by atoms with van der Waals surface area (Å²) < 4.78 is 16.8. The van der Waals surface area contributed by atoms with Gasteiger partial charge in [0.15, 0.2) is 23.0 Å². The molecule has 0 bridgehead atoms. The molecule has 0 aliphatic heterocycles. The van der Waals surface area contributed by atoms with Crippen molar-refractivity contribution < 1.29 is 24.4 Å². The van der Waals surface area contributed by atoms with Crippen LogP contribution in [0.2, 0.25) is 0 Å². The zero-order valence-electron chi connectivity index (χ0n) is 17.3. The maximum absolute atomic E-state index is 10.3. The van der Waals surface area contributed by atoms with Crippen molar-refractivity contribution in [1.82, 2.24) is 10.3 Å². The van der Waals surface area contributed by atoms with Crippen LogP contribution in [0.3, 0.4) is 0 Å². The van der Waals surface area contributed by atoms with Crippen LogP contribution in [0.1, 0.15) is 0 Å². The lowest BCUT2D eigenvalue weighted by molar-refractivity contribution is 0.105. The number of phenolic OH excluding ortho intramolecular Hbond substituents is 1. The number of aliphatic hydroxyl groups is 1. The monoisotopic (exact) mass is 422 g/mol. The molecule has 0 amide bonds. The number of aromatic hydroxyl groups is 1. The molecule has 1 unspecified atom stereocenters. The topological polar surface area (TPSA) is 96.0 Å². The first-order valence-electron chi connectivity index (χ1n) is 10.2. The van der Waals surface area contributed by atoms with Crippen molar-refractivity contribution in [3.05, 3.63) is 60.7 Å². The molecule has 0 saturated heterocycles. The Bertz CT molecular complexity index is 1160. The van der Waals surface area contributed by atoms with Crippen LogP contribution < -0.4 is 19.5 Å². The van der Waals surface area contributed by atoms with E-state index < -0.39 is 6.10 Å². The van der Waals surface area contributed by atoms with Gasteiger partial charge < -0.3 is 34.7 Å². The molecule has 4 aromatic rings. The number of ether oxygens (including phenoxy) is 3. The first kappa shape index (κ1) is 20.8. The number of para-hydroxylation sites is 3. The summed E-state index contributed by atoms with van der Waals surface area (Å²) in [5.74, 6) is 1.77. The van der Waals surface area contributed by atoms with Gasteiger partial charge in [0.1, 0.15) is 19.3 Å². The van der Waals surface area contributed by atoms with Crippen molar-refractivity contribution in [2.45, 2.75) is 6.10 Å².